The third-order valence-electron chi connectivity index (χ3n) is 4.68. The molecule has 0 spiro atoms. The van der Waals surface area contributed by atoms with Crippen LogP contribution in [0.15, 0.2) is 30.3 Å². The van der Waals surface area contributed by atoms with Crippen LogP contribution in [0.4, 0.5) is 11.4 Å². The molecule has 0 unspecified atom stereocenters. The minimum atomic E-state index is -0.229. The predicted octanol–water partition coefficient (Wildman–Crippen LogP) is 4.37. The molecule has 2 aromatic carbocycles. The summed E-state index contributed by atoms with van der Waals surface area (Å²) in [6, 6.07) is 9.25. The van der Waals surface area contributed by atoms with Crippen molar-refractivity contribution in [2.24, 2.45) is 0 Å². The summed E-state index contributed by atoms with van der Waals surface area (Å²) in [4.78, 5) is 23.9. The molecule has 0 atom stereocenters. The fourth-order valence-electron chi connectivity index (χ4n) is 3.24. The van der Waals surface area contributed by atoms with Gasteiger partial charge in [0, 0.05) is 22.8 Å². The quantitative estimate of drug-likeness (QED) is 0.774. The maximum absolute atomic E-state index is 12.4. The van der Waals surface area contributed by atoms with Crippen molar-refractivity contribution in [1.82, 2.24) is 0 Å². The van der Waals surface area contributed by atoms with Crippen molar-refractivity contribution in [3.8, 4) is 5.75 Å². The van der Waals surface area contributed by atoms with E-state index in [1.807, 2.05) is 32.0 Å². The molecule has 6 heteroatoms. The summed E-state index contributed by atoms with van der Waals surface area (Å²) in [5.41, 5.74) is 4.60. The van der Waals surface area contributed by atoms with Crippen LogP contribution in [0.25, 0.3) is 0 Å². The number of anilines is 2. The molecule has 27 heavy (non-hydrogen) atoms. The number of carbonyl (C=O) groups excluding carboxylic acids is 2. The van der Waals surface area contributed by atoms with Gasteiger partial charge in [-0.25, -0.2) is 0 Å². The first kappa shape index (κ1) is 19.2. The number of halogens is 1. The normalized spacial score (nSPS) is 12.9. The number of aryl methyl sites for hydroxylation is 2. The van der Waals surface area contributed by atoms with Gasteiger partial charge in [-0.2, -0.15) is 0 Å². The lowest BCUT2D eigenvalue weighted by molar-refractivity contribution is -0.118. The molecule has 0 saturated heterocycles. The first-order chi connectivity index (χ1) is 13.0. The monoisotopic (exact) mass is 386 g/mol. The van der Waals surface area contributed by atoms with Crippen molar-refractivity contribution >= 4 is 34.8 Å². The second-order valence-corrected chi connectivity index (χ2v) is 6.88. The Morgan fingerprint density at radius 3 is 2.74 bits per heavy atom. The van der Waals surface area contributed by atoms with E-state index < -0.39 is 0 Å². The van der Waals surface area contributed by atoms with Gasteiger partial charge in [0.05, 0.1) is 0 Å². The van der Waals surface area contributed by atoms with E-state index in [4.69, 9.17) is 16.3 Å². The van der Waals surface area contributed by atoms with E-state index >= 15 is 0 Å². The number of hydrogen-bond donors (Lipinski definition) is 2. The lowest BCUT2D eigenvalue weighted by Gasteiger charge is -2.18. The van der Waals surface area contributed by atoms with Crippen molar-refractivity contribution in [2.75, 3.05) is 17.2 Å². The highest BCUT2D eigenvalue weighted by Crippen LogP contribution is 2.30. The fraction of sp³-hybridized carbons (Fsp3) is 0.333. The Balaban J connectivity index is 1.67. The Hall–Kier alpha value is -2.53. The second kappa shape index (κ2) is 8.44. The number of rotatable bonds is 6. The number of nitrogens with one attached hydrogen (secondary N) is 2. The Morgan fingerprint density at radius 2 is 2.00 bits per heavy atom. The van der Waals surface area contributed by atoms with Crippen LogP contribution >= 0.6 is 11.6 Å². The molecule has 0 radical (unpaired) electrons. The van der Waals surface area contributed by atoms with Gasteiger partial charge >= 0.3 is 0 Å². The van der Waals surface area contributed by atoms with Crippen LogP contribution < -0.4 is 15.4 Å². The number of amides is 2. The van der Waals surface area contributed by atoms with Gasteiger partial charge in [0.25, 0.3) is 5.91 Å². The predicted molar refractivity (Wildman–Crippen MR) is 108 cm³/mol. The molecule has 0 bridgehead atoms. The Labute approximate surface area is 164 Å². The van der Waals surface area contributed by atoms with Gasteiger partial charge < -0.3 is 15.4 Å². The molecule has 0 fully saturated rings. The van der Waals surface area contributed by atoms with E-state index in [1.165, 1.54) is 0 Å². The molecule has 0 aromatic heterocycles. The zero-order chi connectivity index (χ0) is 19.4. The molecule has 0 saturated carbocycles. The Morgan fingerprint density at radius 1 is 1.19 bits per heavy atom. The number of carbonyl (C=O) groups is 2. The van der Waals surface area contributed by atoms with Crippen molar-refractivity contribution in [3.63, 3.8) is 0 Å². The molecule has 1 aliphatic heterocycles. The average Bonchev–Trinajstić information content (AvgIpc) is 2.66. The van der Waals surface area contributed by atoms with Crippen LogP contribution in [0, 0.1) is 0 Å². The minimum absolute atomic E-state index is 0.0236. The van der Waals surface area contributed by atoms with Gasteiger partial charge in [-0.05, 0) is 60.2 Å². The summed E-state index contributed by atoms with van der Waals surface area (Å²) in [6.07, 6.45) is 2.68. The van der Waals surface area contributed by atoms with E-state index in [1.54, 1.807) is 12.1 Å². The fourth-order valence-corrected chi connectivity index (χ4v) is 3.53. The molecule has 2 N–H and O–H groups in total. The molecule has 3 rings (SSSR count). The summed E-state index contributed by atoms with van der Waals surface area (Å²) in [6.45, 7) is 3.96. The molecular formula is C21H23ClN2O3. The number of ether oxygens (including phenoxy) is 1. The summed E-state index contributed by atoms with van der Waals surface area (Å²) < 4.78 is 5.65. The second-order valence-electron chi connectivity index (χ2n) is 6.47. The van der Waals surface area contributed by atoms with Crippen molar-refractivity contribution < 1.29 is 14.3 Å². The lowest BCUT2D eigenvalue weighted by Crippen LogP contribution is -2.22. The van der Waals surface area contributed by atoms with Gasteiger partial charge in [-0.1, -0.05) is 31.5 Å². The van der Waals surface area contributed by atoms with Gasteiger partial charge in [0.2, 0.25) is 5.91 Å². The average molecular weight is 387 g/mol. The molecule has 2 aromatic rings. The Kier molecular flexibility index (Phi) is 6.01. The summed E-state index contributed by atoms with van der Waals surface area (Å²) in [5.74, 6) is 0.404. The SMILES string of the molecule is CCc1ccc(Cl)c(CC)c1NC(=O)COc1ccc2c(c1)CCC(=O)N2. The van der Waals surface area contributed by atoms with E-state index in [0.29, 0.717) is 23.6 Å². The van der Waals surface area contributed by atoms with Gasteiger partial charge in [0.15, 0.2) is 6.61 Å². The van der Waals surface area contributed by atoms with Crippen LogP contribution in [-0.2, 0) is 28.9 Å². The molecule has 142 valence electrons. The van der Waals surface area contributed by atoms with Crippen LogP contribution in [0.1, 0.15) is 37.0 Å². The zero-order valence-corrected chi connectivity index (χ0v) is 16.3. The van der Waals surface area contributed by atoms with Gasteiger partial charge in [0.1, 0.15) is 5.75 Å². The summed E-state index contributed by atoms with van der Waals surface area (Å²) >= 11 is 6.28. The molecule has 5 nitrogen and oxygen atoms in total. The largest absolute Gasteiger partial charge is 0.484 e. The third-order valence-corrected chi connectivity index (χ3v) is 5.04. The standard InChI is InChI=1S/C21H23ClN2O3/c1-3-13-5-8-17(22)16(4-2)21(13)24-20(26)12-27-15-7-9-18-14(11-15)6-10-19(25)23-18/h5,7-9,11H,3-4,6,10,12H2,1-2H3,(H,23,25)(H,24,26). The highest BCUT2D eigenvalue weighted by molar-refractivity contribution is 6.32. The maximum atomic E-state index is 12.4. The summed E-state index contributed by atoms with van der Waals surface area (Å²) in [7, 11) is 0. The van der Waals surface area contributed by atoms with E-state index in [2.05, 4.69) is 10.6 Å². The first-order valence-electron chi connectivity index (χ1n) is 9.17. The highest BCUT2D eigenvalue weighted by Gasteiger charge is 2.16. The van der Waals surface area contributed by atoms with Gasteiger partial charge in [-0.15, -0.1) is 0 Å². The van der Waals surface area contributed by atoms with Crippen molar-refractivity contribution in [1.29, 1.82) is 0 Å². The smallest absolute Gasteiger partial charge is 0.262 e. The zero-order valence-electron chi connectivity index (χ0n) is 15.5. The lowest BCUT2D eigenvalue weighted by atomic mass is 10.0. The number of fused-ring (bicyclic) bond motifs is 1. The van der Waals surface area contributed by atoms with E-state index in [0.717, 1.165) is 40.9 Å². The van der Waals surface area contributed by atoms with Crippen molar-refractivity contribution in [3.05, 3.63) is 52.0 Å². The highest BCUT2D eigenvalue weighted by atomic mass is 35.5. The van der Waals surface area contributed by atoms with Gasteiger partial charge in [-0.3, -0.25) is 9.59 Å². The van der Waals surface area contributed by atoms with E-state index in [9.17, 15) is 9.59 Å². The Bertz CT molecular complexity index is 880. The molecule has 1 heterocycles. The molecular weight excluding hydrogens is 364 g/mol. The number of benzene rings is 2. The first-order valence-corrected chi connectivity index (χ1v) is 9.55. The minimum Gasteiger partial charge on any atom is -0.484 e. The third kappa shape index (κ3) is 4.42. The molecule has 0 aliphatic carbocycles. The topological polar surface area (TPSA) is 67.4 Å². The van der Waals surface area contributed by atoms with Crippen LogP contribution in [0.5, 0.6) is 5.75 Å². The number of hydrogen-bond acceptors (Lipinski definition) is 3. The maximum Gasteiger partial charge on any atom is 0.262 e. The molecule has 1 aliphatic rings. The van der Waals surface area contributed by atoms with Crippen molar-refractivity contribution in [2.45, 2.75) is 39.5 Å². The summed E-state index contributed by atoms with van der Waals surface area (Å²) in [5, 5.41) is 6.44. The van der Waals surface area contributed by atoms with Crippen LogP contribution in [0.2, 0.25) is 5.02 Å². The van der Waals surface area contributed by atoms with Crippen LogP contribution in [0.3, 0.4) is 0 Å². The van der Waals surface area contributed by atoms with Crippen LogP contribution in [-0.4, -0.2) is 18.4 Å². The van der Waals surface area contributed by atoms with E-state index in [-0.39, 0.29) is 18.4 Å². The molecule has 2 amide bonds.